The highest BCUT2D eigenvalue weighted by atomic mass is 79.9. The summed E-state index contributed by atoms with van der Waals surface area (Å²) >= 11 is 8.16. The van der Waals surface area contributed by atoms with Crippen LogP contribution in [0.4, 0.5) is 4.39 Å². The van der Waals surface area contributed by atoms with Gasteiger partial charge in [-0.25, -0.2) is 4.39 Å². The molecule has 0 atom stereocenters. The minimum absolute atomic E-state index is 0.351. The molecule has 1 aromatic heterocycles. The highest BCUT2D eigenvalue weighted by molar-refractivity contribution is 9.10. The van der Waals surface area contributed by atoms with Gasteiger partial charge in [-0.3, -0.25) is 5.10 Å². The van der Waals surface area contributed by atoms with Crippen LogP contribution in [0.3, 0.4) is 0 Å². The van der Waals surface area contributed by atoms with Crippen molar-refractivity contribution in [2.45, 2.75) is 6.92 Å². The lowest BCUT2D eigenvalue weighted by molar-refractivity contribution is 0.624. The average molecular weight is 315 g/mol. The van der Waals surface area contributed by atoms with Gasteiger partial charge in [-0.1, -0.05) is 15.9 Å². The summed E-state index contributed by atoms with van der Waals surface area (Å²) in [5, 5.41) is 10.6. The smallest absolute Gasteiger partial charge is 0.216 e. The van der Waals surface area contributed by atoms with Crippen molar-refractivity contribution < 1.29 is 4.39 Å². The molecule has 0 saturated carbocycles. The molecule has 4 nitrogen and oxygen atoms in total. The molecule has 0 radical (unpaired) electrons. The van der Waals surface area contributed by atoms with Crippen molar-refractivity contribution in [1.82, 2.24) is 14.9 Å². The first-order valence-electron chi connectivity index (χ1n) is 4.71. The maximum atomic E-state index is 13.5. The Morgan fingerprint density at radius 1 is 1.59 bits per heavy atom. The second-order valence-electron chi connectivity index (χ2n) is 3.30. The zero-order chi connectivity index (χ0) is 12.4. The molecular formula is C10H8BrFN4S. The van der Waals surface area contributed by atoms with Crippen molar-refractivity contribution in [2.75, 3.05) is 0 Å². The maximum Gasteiger partial charge on any atom is 0.216 e. The number of nitrogens with one attached hydrogen (secondary N) is 1. The summed E-state index contributed by atoms with van der Waals surface area (Å²) < 4.78 is 16.0. The van der Waals surface area contributed by atoms with E-state index in [-0.39, 0.29) is 5.82 Å². The first-order chi connectivity index (χ1) is 8.08. The van der Waals surface area contributed by atoms with Gasteiger partial charge in [-0.05, 0) is 37.3 Å². The summed E-state index contributed by atoms with van der Waals surface area (Å²) in [5.41, 5.74) is 0.385. The van der Waals surface area contributed by atoms with E-state index in [9.17, 15) is 4.39 Å². The Balaban J connectivity index is 2.36. The van der Waals surface area contributed by atoms with Gasteiger partial charge in [0.25, 0.3) is 0 Å². The lowest BCUT2D eigenvalue weighted by atomic mass is 10.2. The Morgan fingerprint density at radius 3 is 2.94 bits per heavy atom. The lowest BCUT2D eigenvalue weighted by Gasteiger charge is -1.98. The zero-order valence-electron chi connectivity index (χ0n) is 8.82. The Bertz CT molecular complexity index is 631. The van der Waals surface area contributed by atoms with Crippen LogP contribution in [0.5, 0.6) is 0 Å². The van der Waals surface area contributed by atoms with Gasteiger partial charge in [-0.2, -0.15) is 14.9 Å². The standard InChI is InChI=1S/C10H8BrFN4S/c1-6-14-15-10(17)16(6)13-5-7-2-3-8(11)4-9(7)12/h2-5H,1H3,(H,15,17)/b13-5+. The van der Waals surface area contributed by atoms with Crippen LogP contribution >= 0.6 is 28.1 Å². The molecule has 0 fully saturated rings. The number of aryl methyl sites for hydroxylation is 1. The molecule has 0 saturated heterocycles. The summed E-state index contributed by atoms with van der Waals surface area (Å²) in [6.07, 6.45) is 1.40. The Labute approximate surface area is 110 Å². The summed E-state index contributed by atoms with van der Waals surface area (Å²) in [6.45, 7) is 1.75. The molecule has 0 aliphatic carbocycles. The number of H-pyrrole nitrogens is 1. The van der Waals surface area contributed by atoms with Crippen LogP contribution in [0, 0.1) is 17.5 Å². The molecule has 17 heavy (non-hydrogen) atoms. The molecule has 7 heteroatoms. The Morgan fingerprint density at radius 2 is 2.35 bits per heavy atom. The van der Waals surface area contributed by atoms with Crippen LogP contribution in [-0.4, -0.2) is 21.1 Å². The van der Waals surface area contributed by atoms with E-state index in [2.05, 4.69) is 31.2 Å². The molecule has 0 aliphatic rings. The van der Waals surface area contributed by atoms with Crippen molar-refractivity contribution in [1.29, 1.82) is 0 Å². The van der Waals surface area contributed by atoms with Gasteiger partial charge < -0.3 is 0 Å². The predicted molar refractivity (Wildman–Crippen MR) is 69.2 cm³/mol. The minimum Gasteiger partial charge on any atom is -0.250 e. The second kappa shape index (κ2) is 4.89. The highest BCUT2D eigenvalue weighted by Crippen LogP contribution is 2.13. The van der Waals surface area contributed by atoms with E-state index >= 15 is 0 Å². The van der Waals surface area contributed by atoms with Gasteiger partial charge in [0.05, 0.1) is 6.21 Å². The lowest BCUT2D eigenvalue weighted by Crippen LogP contribution is -1.95. The Hall–Kier alpha value is -1.34. The SMILES string of the molecule is Cc1n[nH]c(=S)n1/N=C/c1ccc(Br)cc1F. The van der Waals surface area contributed by atoms with Crippen LogP contribution < -0.4 is 0 Å². The average Bonchev–Trinajstić information content (AvgIpc) is 2.58. The van der Waals surface area contributed by atoms with Crippen molar-refractivity contribution in [3.05, 3.63) is 44.6 Å². The van der Waals surface area contributed by atoms with E-state index in [1.165, 1.54) is 17.0 Å². The number of aromatic nitrogens is 3. The van der Waals surface area contributed by atoms with Crippen molar-refractivity contribution in [3.63, 3.8) is 0 Å². The largest absolute Gasteiger partial charge is 0.250 e. The summed E-state index contributed by atoms with van der Waals surface area (Å²) in [4.78, 5) is 0. The van der Waals surface area contributed by atoms with E-state index in [4.69, 9.17) is 12.2 Å². The van der Waals surface area contributed by atoms with Crippen molar-refractivity contribution >= 4 is 34.4 Å². The first-order valence-corrected chi connectivity index (χ1v) is 5.91. The molecular weight excluding hydrogens is 307 g/mol. The predicted octanol–water partition coefficient (Wildman–Crippen LogP) is 3.03. The number of hydrogen-bond acceptors (Lipinski definition) is 3. The third kappa shape index (κ3) is 2.67. The van der Waals surface area contributed by atoms with Gasteiger partial charge >= 0.3 is 0 Å². The highest BCUT2D eigenvalue weighted by Gasteiger charge is 2.01. The molecule has 0 unspecified atom stereocenters. The molecule has 0 spiro atoms. The number of halogens is 2. The number of aromatic amines is 1. The summed E-state index contributed by atoms with van der Waals surface area (Å²) in [5.74, 6) is 0.263. The van der Waals surface area contributed by atoms with Crippen LogP contribution in [0.25, 0.3) is 0 Å². The molecule has 1 heterocycles. The van der Waals surface area contributed by atoms with E-state index in [1.54, 1.807) is 19.1 Å². The van der Waals surface area contributed by atoms with E-state index in [1.807, 2.05) is 0 Å². The number of benzene rings is 1. The number of nitrogens with zero attached hydrogens (tertiary/aromatic N) is 3. The van der Waals surface area contributed by atoms with Gasteiger partial charge in [0.2, 0.25) is 4.77 Å². The third-order valence-corrected chi connectivity index (χ3v) is 2.84. The van der Waals surface area contributed by atoms with Gasteiger partial charge in [0.1, 0.15) is 11.6 Å². The summed E-state index contributed by atoms with van der Waals surface area (Å²) in [6, 6.07) is 4.75. The normalized spacial score (nSPS) is 11.2. The quantitative estimate of drug-likeness (QED) is 0.684. The van der Waals surface area contributed by atoms with Crippen LogP contribution in [0.15, 0.2) is 27.8 Å². The van der Waals surface area contributed by atoms with E-state index in [0.29, 0.717) is 20.6 Å². The van der Waals surface area contributed by atoms with Gasteiger partial charge in [-0.15, -0.1) is 0 Å². The number of rotatable bonds is 2. The fourth-order valence-corrected chi connectivity index (χ4v) is 1.79. The fraction of sp³-hybridized carbons (Fsp3) is 0.100. The minimum atomic E-state index is -0.351. The van der Waals surface area contributed by atoms with Crippen molar-refractivity contribution in [2.24, 2.45) is 5.10 Å². The molecule has 2 rings (SSSR count). The monoisotopic (exact) mass is 314 g/mol. The molecule has 1 N–H and O–H groups in total. The van der Waals surface area contributed by atoms with Gasteiger partial charge in [0, 0.05) is 10.0 Å². The van der Waals surface area contributed by atoms with E-state index < -0.39 is 0 Å². The topological polar surface area (TPSA) is 46.0 Å². The Kier molecular flexibility index (Phi) is 3.49. The molecule has 1 aromatic carbocycles. The fourth-order valence-electron chi connectivity index (χ4n) is 1.23. The van der Waals surface area contributed by atoms with Gasteiger partial charge in [0.15, 0.2) is 0 Å². The first kappa shape index (κ1) is 12.1. The van der Waals surface area contributed by atoms with Crippen LogP contribution in [-0.2, 0) is 0 Å². The number of hydrogen-bond donors (Lipinski definition) is 1. The maximum absolute atomic E-state index is 13.5. The van der Waals surface area contributed by atoms with Crippen LogP contribution in [0.1, 0.15) is 11.4 Å². The van der Waals surface area contributed by atoms with E-state index in [0.717, 1.165) is 0 Å². The zero-order valence-corrected chi connectivity index (χ0v) is 11.2. The molecule has 0 amide bonds. The van der Waals surface area contributed by atoms with Crippen LogP contribution in [0.2, 0.25) is 0 Å². The molecule has 0 bridgehead atoms. The summed E-state index contributed by atoms with van der Waals surface area (Å²) in [7, 11) is 0. The molecule has 88 valence electrons. The third-order valence-electron chi connectivity index (χ3n) is 2.09. The molecule has 2 aromatic rings. The molecule has 0 aliphatic heterocycles. The second-order valence-corrected chi connectivity index (χ2v) is 4.60. The van der Waals surface area contributed by atoms with Crippen molar-refractivity contribution in [3.8, 4) is 0 Å².